The highest BCUT2D eigenvalue weighted by Crippen LogP contribution is 2.44. The van der Waals surface area contributed by atoms with Crippen molar-refractivity contribution in [3.8, 4) is 0 Å². The van der Waals surface area contributed by atoms with Crippen molar-refractivity contribution in [3.63, 3.8) is 0 Å². The second kappa shape index (κ2) is 10.3. The molecule has 0 spiro atoms. The lowest BCUT2D eigenvalue weighted by Crippen LogP contribution is -2.52. The number of hydrogen-bond acceptors (Lipinski definition) is 3. The number of likely N-dealkylation sites (tertiary alicyclic amines) is 1. The van der Waals surface area contributed by atoms with Crippen molar-refractivity contribution in [1.29, 1.82) is 0 Å². The van der Waals surface area contributed by atoms with E-state index >= 15 is 0 Å². The molecule has 2 bridgehead atoms. The largest absolute Gasteiger partial charge is 0.354 e. The molecule has 0 aromatic rings. The van der Waals surface area contributed by atoms with Gasteiger partial charge >= 0.3 is 0 Å². The van der Waals surface area contributed by atoms with Crippen LogP contribution in [0.5, 0.6) is 0 Å². The molecule has 2 saturated carbocycles. The van der Waals surface area contributed by atoms with Gasteiger partial charge in [0.25, 0.3) is 0 Å². The van der Waals surface area contributed by atoms with E-state index in [4.69, 9.17) is 0 Å². The summed E-state index contributed by atoms with van der Waals surface area (Å²) >= 11 is 0. The topological polar surface area (TPSA) is 60.0 Å². The molecule has 3 rings (SSSR count). The van der Waals surface area contributed by atoms with Gasteiger partial charge in [-0.2, -0.15) is 0 Å². The molecule has 3 fully saturated rings. The van der Waals surface area contributed by atoms with E-state index in [2.05, 4.69) is 34.4 Å². The van der Waals surface area contributed by atoms with Crippen LogP contribution in [0.25, 0.3) is 0 Å². The summed E-state index contributed by atoms with van der Waals surface area (Å²) in [5.74, 6) is 2.59. The maximum Gasteiger partial charge on any atom is 0.243 e. The van der Waals surface area contributed by atoms with Crippen molar-refractivity contribution in [2.24, 2.45) is 16.8 Å². The number of amides is 1. The minimum Gasteiger partial charge on any atom is -0.354 e. The highest BCUT2D eigenvalue weighted by molar-refractivity contribution is 14.0. The molecule has 3 aliphatic rings. The quantitative estimate of drug-likeness (QED) is 0.352. The van der Waals surface area contributed by atoms with Crippen LogP contribution in [0.3, 0.4) is 0 Å². The molecule has 1 heterocycles. The van der Waals surface area contributed by atoms with Crippen molar-refractivity contribution < 1.29 is 4.79 Å². The first-order valence-electron chi connectivity index (χ1n) is 10.4. The van der Waals surface area contributed by atoms with Crippen LogP contribution < -0.4 is 10.6 Å². The van der Waals surface area contributed by atoms with Crippen molar-refractivity contribution in [2.45, 2.75) is 70.5 Å². The maximum absolute atomic E-state index is 12.0. The summed E-state index contributed by atoms with van der Waals surface area (Å²) in [6.45, 7) is 7.02. The number of aliphatic imine (C=N–C) groups is 1. The van der Waals surface area contributed by atoms with E-state index in [1.165, 1.54) is 25.7 Å². The van der Waals surface area contributed by atoms with Crippen LogP contribution in [-0.4, -0.2) is 73.5 Å². The summed E-state index contributed by atoms with van der Waals surface area (Å²) in [5, 5.41) is 7.32. The molecule has 1 amide bonds. The molecule has 0 aromatic carbocycles. The Morgan fingerprint density at radius 2 is 1.81 bits per heavy atom. The lowest BCUT2D eigenvalue weighted by Gasteiger charge is -2.36. The number of nitrogens with one attached hydrogen (secondary N) is 2. The van der Waals surface area contributed by atoms with Gasteiger partial charge in [0, 0.05) is 45.3 Å². The number of hydrogen-bond donors (Lipinski definition) is 2. The van der Waals surface area contributed by atoms with Gasteiger partial charge < -0.3 is 20.4 Å². The fraction of sp³-hybridized carbons (Fsp3) is 0.900. The summed E-state index contributed by atoms with van der Waals surface area (Å²) < 4.78 is 0. The first-order chi connectivity index (χ1) is 12.4. The molecule has 2 N–H and O–H groups in total. The predicted octanol–water partition coefficient (Wildman–Crippen LogP) is 2.29. The third-order valence-electron chi connectivity index (χ3n) is 6.53. The average Bonchev–Trinajstić information content (AvgIpc) is 3.22. The van der Waals surface area contributed by atoms with Crippen LogP contribution in [0.2, 0.25) is 0 Å². The van der Waals surface area contributed by atoms with Crippen molar-refractivity contribution >= 4 is 35.8 Å². The third-order valence-corrected chi connectivity index (χ3v) is 6.53. The van der Waals surface area contributed by atoms with Gasteiger partial charge in [0.05, 0.1) is 0 Å². The molecule has 2 aliphatic carbocycles. The summed E-state index contributed by atoms with van der Waals surface area (Å²) in [6, 6.07) is 1.60. The highest BCUT2D eigenvalue weighted by atomic mass is 127. The number of piperidine rings is 1. The zero-order valence-corrected chi connectivity index (χ0v) is 19.7. The molecule has 0 aromatic heterocycles. The van der Waals surface area contributed by atoms with E-state index in [-0.39, 0.29) is 36.4 Å². The van der Waals surface area contributed by atoms with E-state index < -0.39 is 0 Å². The van der Waals surface area contributed by atoms with Crippen LogP contribution in [-0.2, 0) is 4.79 Å². The molecule has 6 nitrogen and oxygen atoms in total. The van der Waals surface area contributed by atoms with Crippen LogP contribution in [0, 0.1) is 11.8 Å². The second-order valence-electron chi connectivity index (χ2n) is 8.93. The predicted molar refractivity (Wildman–Crippen MR) is 122 cm³/mol. The number of fused-ring (bicyclic) bond motifs is 2. The highest BCUT2D eigenvalue weighted by Gasteiger charge is 2.40. The van der Waals surface area contributed by atoms with Gasteiger partial charge in [-0.3, -0.25) is 4.79 Å². The lowest BCUT2D eigenvalue weighted by molar-refractivity contribution is -0.127. The maximum atomic E-state index is 12.0. The molecular weight excluding hydrogens is 453 g/mol. The number of nitrogens with zero attached hydrogens (tertiary/aromatic N) is 3. The van der Waals surface area contributed by atoms with Crippen molar-refractivity contribution in [3.05, 3.63) is 0 Å². The van der Waals surface area contributed by atoms with Gasteiger partial charge in [0.2, 0.25) is 5.91 Å². The molecule has 7 heteroatoms. The second-order valence-corrected chi connectivity index (χ2v) is 8.93. The standard InChI is InChI=1S/C20H37N5O.HI/c1-14(2)25-9-7-17(8-10-25)22-20(21-13-19(26)24(3)4)23-18-12-15-5-6-16(18)11-15;/h14-18H,5-13H2,1-4H3,(H2,21,22,23);1H. The summed E-state index contributed by atoms with van der Waals surface area (Å²) in [6.07, 6.45) is 7.65. The molecule has 1 aliphatic heterocycles. The molecule has 3 unspecified atom stereocenters. The number of rotatable bonds is 5. The first-order valence-corrected chi connectivity index (χ1v) is 10.4. The summed E-state index contributed by atoms with van der Waals surface area (Å²) in [4.78, 5) is 20.8. The van der Waals surface area contributed by atoms with Crippen LogP contribution in [0.1, 0.15) is 52.4 Å². The number of carbonyl (C=O) groups excluding carboxylic acids is 1. The summed E-state index contributed by atoms with van der Waals surface area (Å²) in [7, 11) is 3.58. The monoisotopic (exact) mass is 491 g/mol. The van der Waals surface area contributed by atoms with E-state index in [9.17, 15) is 4.79 Å². The Hall–Kier alpha value is -0.570. The Morgan fingerprint density at radius 1 is 1.11 bits per heavy atom. The van der Waals surface area contributed by atoms with Crippen LogP contribution >= 0.6 is 24.0 Å². The van der Waals surface area contributed by atoms with E-state index in [1.54, 1.807) is 19.0 Å². The Morgan fingerprint density at radius 3 is 2.33 bits per heavy atom. The smallest absolute Gasteiger partial charge is 0.243 e. The fourth-order valence-corrected chi connectivity index (χ4v) is 4.77. The average molecular weight is 491 g/mol. The van der Waals surface area contributed by atoms with Crippen molar-refractivity contribution in [2.75, 3.05) is 33.7 Å². The minimum absolute atomic E-state index is 0. The van der Waals surface area contributed by atoms with E-state index in [0.29, 0.717) is 18.1 Å². The van der Waals surface area contributed by atoms with Gasteiger partial charge in [-0.15, -0.1) is 24.0 Å². The van der Waals surface area contributed by atoms with Crippen LogP contribution in [0.4, 0.5) is 0 Å². The number of carbonyl (C=O) groups is 1. The van der Waals surface area contributed by atoms with Gasteiger partial charge in [0.15, 0.2) is 5.96 Å². The van der Waals surface area contributed by atoms with Gasteiger partial charge in [-0.25, -0.2) is 4.99 Å². The normalized spacial score (nSPS) is 28.9. The third kappa shape index (κ3) is 6.21. The molecule has 27 heavy (non-hydrogen) atoms. The SMILES string of the molecule is CC(C)N1CCC(NC(=NCC(=O)N(C)C)NC2CC3CCC2C3)CC1.I. The summed E-state index contributed by atoms with van der Waals surface area (Å²) in [5.41, 5.74) is 0. The number of likely N-dealkylation sites (N-methyl/N-ethyl adjacent to an activating group) is 1. The zero-order valence-electron chi connectivity index (χ0n) is 17.4. The van der Waals surface area contributed by atoms with Gasteiger partial charge in [0.1, 0.15) is 6.54 Å². The van der Waals surface area contributed by atoms with Gasteiger partial charge in [-0.1, -0.05) is 6.42 Å². The fourth-order valence-electron chi connectivity index (χ4n) is 4.77. The Balaban J connectivity index is 0.00000261. The molecule has 156 valence electrons. The Bertz CT molecular complexity index is 517. The van der Waals surface area contributed by atoms with Crippen LogP contribution in [0.15, 0.2) is 4.99 Å². The first kappa shape index (κ1) is 22.7. The zero-order chi connectivity index (χ0) is 18.7. The molecule has 1 saturated heterocycles. The molecule has 0 radical (unpaired) electrons. The molecular formula is C20H38IN5O. The Kier molecular flexibility index (Phi) is 8.65. The van der Waals surface area contributed by atoms with E-state index in [1.807, 2.05) is 0 Å². The Labute approximate surface area is 181 Å². The number of guanidine groups is 1. The molecule has 3 atom stereocenters. The number of halogens is 1. The van der Waals surface area contributed by atoms with Crippen molar-refractivity contribution in [1.82, 2.24) is 20.4 Å². The lowest BCUT2D eigenvalue weighted by atomic mass is 9.95. The van der Waals surface area contributed by atoms with Gasteiger partial charge in [-0.05, 0) is 57.8 Å². The minimum atomic E-state index is 0. The van der Waals surface area contributed by atoms with E-state index in [0.717, 1.165) is 43.7 Å².